The quantitative estimate of drug-likeness (QED) is 0.781. The van der Waals surface area contributed by atoms with Crippen molar-refractivity contribution in [2.24, 2.45) is 11.7 Å². The Kier molecular flexibility index (Phi) is 4.96. The average Bonchev–Trinajstić information content (AvgIpc) is 3.10. The Morgan fingerprint density at radius 1 is 1.20 bits per heavy atom. The van der Waals surface area contributed by atoms with Crippen LogP contribution >= 0.6 is 0 Å². The number of carbonyl (C=O) groups is 1. The number of nitrogens with zero attached hydrogens (tertiary/aromatic N) is 6. The summed E-state index contributed by atoms with van der Waals surface area (Å²) in [5.41, 5.74) is 5.68. The summed E-state index contributed by atoms with van der Waals surface area (Å²) in [6.45, 7) is 2.38. The zero-order chi connectivity index (χ0) is 17.8. The molecule has 0 bridgehead atoms. The molecule has 2 N–H and O–H groups in total. The van der Waals surface area contributed by atoms with E-state index < -0.39 is 5.91 Å². The highest BCUT2D eigenvalue weighted by Crippen LogP contribution is 2.24. The number of amides is 1. The molecule has 0 aliphatic carbocycles. The van der Waals surface area contributed by atoms with Gasteiger partial charge < -0.3 is 20.1 Å². The molecule has 0 spiro atoms. The van der Waals surface area contributed by atoms with Gasteiger partial charge in [0.25, 0.3) is 5.91 Å². The molecule has 1 fully saturated rings. The summed E-state index contributed by atoms with van der Waals surface area (Å²) in [7, 11) is 3.02. The van der Waals surface area contributed by atoms with Gasteiger partial charge in [0.1, 0.15) is 0 Å². The van der Waals surface area contributed by atoms with E-state index in [1.807, 2.05) is 0 Å². The number of methoxy groups -OCH3 is 2. The smallest absolute Gasteiger partial charge is 0.324 e. The van der Waals surface area contributed by atoms with Gasteiger partial charge in [-0.05, 0) is 18.8 Å². The van der Waals surface area contributed by atoms with Crippen LogP contribution in [0.4, 0.5) is 5.95 Å². The summed E-state index contributed by atoms with van der Waals surface area (Å²) in [5, 5.41) is 4.19. The Morgan fingerprint density at radius 2 is 1.84 bits per heavy atom. The number of piperidine rings is 1. The molecule has 2 aromatic rings. The molecule has 0 aromatic carbocycles. The fraction of sp³-hybridized carbons (Fsp3) is 0.533. The number of hydrogen-bond donors (Lipinski definition) is 1. The Labute approximate surface area is 145 Å². The predicted molar refractivity (Wildman–Crippen MR) is 88.6 cm³/mol. The third kappa shape index (κ3) is 3.95. The van der Waals surface area contributed by atoms with Gasteiger partial charge in [0.05, 0.1) is 26.0 Å². The molecule has 1 amide bonds. The third-order valence-electron chi connectivity index (χ3n) is 4.21. The predicted octanol–water partition coefficient (Wildman–Crippen LogP) is 0.101. The molecule has 0 saturated carbocycles. The molecule has 0 unspecified atom stereocenters. The summed E-state index contributed by atoms with van der Waals surface area (Å²) in [4.78, 5) is 25.8. The second kappa shape index (κ2) is 7.32. The number of ether oxygens (including phenoxy) is 2. The minimum atomic E-state index is -0.459. The van der Waals surface area contributed by atoms with Gasteiger partial charge in [-0.2, -0.15) is 15.1 Å². The van der Waals surface area contributed by atoms with Gasteiger partial charge in [0.2, 0.25) is 5.95 Å². The first kappa shape index (κ1) is 16.9. The van der Waals surface area contributed by atoms with Crippen LogP contribution in [0, 0.1) is 5.92 Å². The van der Waals surface area contributed by atoms with Crippen molar-refractivity contribution >= 4 is 11.9 Å². The maximum atomic E-state index is 11.1. The number of anilines is 1. The van der Waals surface area contributed by atoms with E-state index in [9.17, 15) is 4.79 Å². The molecule has 1 saturated heterocycles. The van der Waals surface area contributed by atoms with E-state index in [0.29, 0.717) is 17.4 Å². The summed E-state index contributed by atoms with van der Waals surface area (Å²) >= 11 is 0. The maximum Gasteiger partial charge on any atom is 0.324 e. The van der Waals surface area contributed by atoms with E-state index in [1.165, 1.54) is 20.4 Å². The lowest BCUT2D eigenvalue weighted by Crippen LogP contribution is -2.36. The first-order chi connectivity index (χ1) is 12.1. The Hall–Kier alpha value is -2.91. The average molecular weight is 347 g/mol. The Morgan fingerprint density at radius 3 is 2.36 bits per heavy atom. The molecule has 10 heteroatoms. The van der Waals surface area contributed by atoms with Gasteiger partial charge in [-0.15, -0.1) is 4.98 Å². The molecule has 1 aliphatic heterocycles. The number of aromatic nitrogens is 5. The lowest BCUT2D eigenvalue weighted by atomic mass is 9.97. The monoisotopic (exact) mass is 347 g/mol. The van der Waals surface area contributed by atoms with E-state index in [1.54, 1.807) is 10.9 Å². The van der Waals surface area contributed by atoms with Gasteiger partial charge in [0, 0.05) is 25.8 Å². The topological polar surface area (TPSA) is 121 Å². The zero-order valence-corrected chi connectivity index (χ0v) is 14.3. The summed E-state index contributed by atoms with van der Waals surface area (Å²) in [6, 6.07) is 0.471. The number of nitrogens with two attached hydrogens (primary N) is 1. The Bertz CT molecular complexity index is 718. The molecule has 25 heavy (non-hydrogen) atoms. The molecule has 2 aromatic heterocycles. The van der Waals surface area contributed by atoms with Crippen molar-refractivity contribution in [1.82, 2.24) is 24.7 Å². The van der Waals surface area contributed by atoms with E-state index in [4.69, 9.17) is 15.2 Å². The van der Waals surface area contributed by atoms with Crippen LogP contribution in [0.5, 0.6) is 12.0 Å². The van der Waals surface area contributed by atoms with Crippen molar-refractivity contribution in [2.75, 3.05) is 32.2 Å². The van der Waals surface area contributed by atoms with Crippen molar-refractivity contribution < 1.29 is 14.3 Å². The van der Waals surface area contributed by atoms with Gasteiger partial charge in [-0.1, -0.05) is 0 Å². The molecule has 0 atom stereocenters. The van der Waals surface area contributed by atoms with Crippen molar-refractivity contribution in [3.8, 4) is 12.0 Å². The summed E-state index contributed by atoms with van der Waals surface area (Å²) in [6.07, 6.45) is 5.11. The SMILES string of the molecule is COc1nc(OC)nc(N2CCC(Cn3cc(C(N)=O)cn3)CC2)n1. The van der Waals surface area contributed by atoms with Gasteiger partial charge in [-0.25, -0.2) is 0 Å². The maximum absolute atomic E-state index is 11.1. The second-order valence-corrected chi connectivity index (χ2v) is 5.85. The standard InChI is InChI=1S/C15H21N7O3/c1-24-14-18-13(19-15(20-14)25-2)21-5-3-10(4-6-21)8-22-9-11(7-17-22)12(16)23/h7,9-10H,3-6,8H2,1-2H3,(H2,16,23). The number of carbonyl (C=O) groups excluding carboxylic acids is 1. The molecular formula is C15H21N7O3. The van der Waals surface area contributed by atoms with Crippen LogP contribution in [-0.2, 0) is 6.54 Å². The third-order valence-corrected chi connectivity index (χ3v) is 4.21. The Balaban J connectivity index is 1.60. The van der Waals surface area contributed by atoms with Crippen LogP contribution in [0.15, 0.2) is 12.4 Å². The highest BCUT2D eigenvalue weighted by molar-refractivity contribution is 5.92. The number of primary amides is 1. The highest BCUT2D eigenvalue weighted by Gasteiger charge is 2.23. The lowest BCUT2D eigenvalue weighted by Gasteiger charge is -2.31. The molecular weight excluding hydrogens is 326 g/mol. The van der Waals surface area contributed by atoms with Crippen molar-refractivity contribution in [2.45, 2.75) is 19.4 Å². The lowest BCUT2D eigenvalue weighted by molar-refractivity contribution is 0.1000. The second-order valence-electron chi connectivity index (χ2n) is 5.85. The summed E-state index contributed by atoms with van der Waals surface area (Å²) in [5.74, 6) is 0.554. The van der Waals surface area contributed by atoms with E-state index in [0.717, 1.165) is 32.5 Å². The van der Waals surface area contributed by atoms with Crippen LogP contribution in [-0.4, -0.2) is 57.9 Å². The molecule has 10 nitrogen and oxygen atoms in total. The first-order valence-corrected chi connectivity index (χ1v) is 8.00. The number of hydrogen-bond acceptors (Lipinski definition) is 8. The minimum absolute atomic E-state index is 0.236. The van der Waals surface area contributed by atoms with Crippen LogP contribution in [0.1, 0.15) is 23.2 Å². The molecule has 3 rings (SSSR count). The van der Waals surface area contributed by atoms with E-state index in [2.05, 4.69) is 25.0 Å². The first-order valence-electron chi connectivity index (χ1n) is 8.00. The normalized spacial score (nSPS) is 15.2. The zero-order valence-electron chi connectivity index (χ0n) is 14.3. The fourth-order valence-corrected chi connectivity index (χ4v) is 2.82. The molecule has 134 valence electrons. The fourth-order valence-electron chi connectivity index (χ4n) is 2.82. The van der Waals surface area contributed by atoms with E-state index in [-0.39, 0.29) is 12.0 Å². The molecule has 1 aliphatic rings. The van der Waals surface area contributed by atoms with Crippen LogP contribution in [0.2, 0.25) is 0 Å². The van der Waals surface area contributed by atoms with Crippen LogP contribution < -0.4 is 20.1 Å². The van der Waals surface area contributed by atoms with Crippen molar-refractivity contribution in [3.63, 3.8) is 0 Å². The van der Waals surface area contributed by atoms with Gasteiger partial charge in [-0.3, -0.25) is 9.48 Å². The largest absolute Gasteiger partial charge is 0.467 e. The van der Waals surface area contributed by atoms with Gasteiger partial charge in [0.15, 0.2) is 0 Å². The van der Waals surface area contributed by atoms with Crippen molar-refractivity contribution in [3.05, 3.63) is 18.0 Å². The van der Waals surface area contributed by atoms with Crippen LogP contribution in [0.3, 0.4) is 0 Å². The molecule has 3 heterocycles. The van der Waals surface area contributed by atoms with Crippen LogP contribution in [0.25, 0.3) is 0 Å². The van der Waals surface area contributed by atoms with Gasteiger partial charge >= 0.3 is 12.0 Å². The summed E-state index contributed by atoms with van der Waals surface area (Å²) < 4.78 is 12.0. The highest BCUT2D eigenvalue weighted by atomic mass is 16.5. The van der Waals surface area contributed by atoms with Crippen molar-refractivity contribution in [1.29, 1.82) is 0 Å². The minimum Gasteiger partial charge on any atom is -0.467 e. The number of rotatable bonds is 6. The van der Waals surface area contributed by atoms with E-state index >= 15 is 0 Å². The molecule has 0 radical (unpaired) electrons.